The third-order valence-electron chi connectivity index (χ3n) is 2.67. The molecule has 7 nitrogen and oxygen atoms in total. The third kappa shape index (κ3) is 3.52. The number of carbonyl (C=O) groups is 2. The lowest BCUT2D eigenvalue weighted by Gasteiger charge is -2.24. The highest BCUT2D eigenvalue weighted by Gasteiger charge is 2.40. The fourth-order valence-corrected chi connectivity index (χ4v) is 1.46. The average Bonchev–Trinajstić information content (AvgIpc) is 2.61. The van der Waals surface area contributed by atoms with E-state index in [1.165, 1.54) is 17.1 Å². The Morgan fingerprint density at radius 3 is 2.53 bits per heavy atom. The first-order chi connectivity index (χ1) is 8.77. The van der Waals surface area contributed by atoms with Gasteiger partial charge in [0.05, 0.1) is 6.54 Å². The Morgan fingerprint density at radius 2 is 2.26 bits per heavy atom. The second-order valence-corrected chi connectivity index (χ2v) is 4.23. The molecule has 106 valence electrons. The monoisotopic (exact) mass is 273 g/mol. The Kier molecular flexibility index (Phi) is 4.62. The van der Waals surface area contributed by atoms with Crippen molar-refractivity contribution in [1.82, 2.24) is 10.2 Å². The predicted molar refractivity (Wildman–Crippen MR) is 64.9 cm³/mol. The van der Waals surface area contributed by atoms with Crippen LogP contribution in [-0.4, -0.2) is 58.6 Å². The Morgan fingerprint density at radius 1 is 1.63 bits per heavy atom. The number of aliphatic carboxylic acids is 1. The molecule has 0 aromatic heterocycles. The van der Waals surface area contributed by atoms with E-state index in [9.17, 15) is 14.0 Å². The smallest absolute Gasteiger partial charge is 0.331 e. The lowest BCUT2D eigenvalue weighted by atomic mass is 9.91. The van der Waals surface area contributed by atoms with Gasteiger partial charge in [0.1, 0.15) is 6.23 Å². The van der Waals surface area contributed by atoms with E-state index in [-0.39, 0.29) is 6.03 Å². The summed E-state index contributed by atoms with van der Waals surface area (Å²) in [5.74, 6) is -1.36. The number of halogens is 1. The van der Waals surface area contributed by atoms with Crippen LogP contribution >= 0.6 is 0 Å². The van der Waals surface area contributed by atoms with Crippen molar-refractivity contribution in [2.24, 2.45) is 5.73 Å². The van der Waals surface area contributed by atoms with Crippen molar-refractivity contribution in [2.75, 3.05) is 13.6 Å². The molecular formula is C11H16FN3O4. The van der Waals surface area contributed by atoms with Gasteiger partial charge in [0.2, 0.25) is 0 Å². The first kappa shape index (κ1) is 15.1. The van der Waals surface area contributed by atoms with Crippen LogP contribution in [0.5, 0.6) is 0 Å². The van der Waals surface area contributed by atoms with Gasteiger partial charge in [-0.3, -0.25) is 0 Å². The molecule has 1 heterocycles. The van der Waals surface area contributed by atoms with Gasteiger partial charge in [-0.1, -0.05) is 18.2 Å². The normalized spacial score (nSPS) is 32.6. The van der Waals surface area contributed by atoms with Crippen LogP contribution in [-0.2, 0) is 4.79 Å². The maximum atomic E-state index is 12.8. The van der Waals surface area contributed by atoms with Gasteiger partial charge in [0.15, 0.2) is 11.7 Å². The van der Waals surface area contributed by atoms with E-state index in [1.807, 2.05) is 0 Å². The Hall–Kier alpha value is -1.93. The van der Waals surface area contributed by atoms with Crippen LogP contribution in [0.3, 0.4) is 0 Å². The highest BCUT2D eigenvalue weighted by Crippen LogP contribution is 2.18. The molecule has 19 heavy (non-hydrogen) atoms. The van der Waals surface area contributed by atoms with Gasteiger partial charge in [-0.25, -0.2) is 14.0 Å². The van der Waals surface area contributed by atoms with Gasteiger partial charge >= 0.3 is 12.0 Å². The van der Waals surface area contributed by atoms with Gasteiger partial charge in [-0.05, 0) is 6.08 Å². The van der Waals surface area contributed by atoms with Crippen molar-refractivity contribution in [3.8, 4) is 0 Å². The van der Waals surface area contributed by atoms with E-state index < -0.39 is 23.9 Å². The van der Waals surface area contributed by atoms with Crippen molar-refractivity contribution >= 4 is 12.0 Å². The average molecular weight is 273 g/mol. The zero-order chi connectivity index (χ0) is 14.6. The van der Waals surface area contributed by atoms with Crippen molar-refractivity contribution < 1.29 is 24.2 Å². The number of amides is 2. The molecule has 1 aliphatic carbocycles. The fraction of sp³-hybridized carbons (Fsp3) is 0.455. The number of rotatable bonds is 1. The van der Waals surface area contributed by atoms with Crippen LogP contribution in [0, 0.1) is 0 Å². The van der Waals surface area contributed by atoms with Crippen LogP contribution in [0.2, 0.25) is 0 Å². The third-order valence-corrected chi connectivity index (χ3v) is 2.67. The quantitative estimate of drug-likeness (QED) is 0.499. The van der Waals surface area contributed by atoms with E-state index in [1.54, 1.807) is 7.05 Å². The fourth-order valence-electron chi connectivity index (χ4n) is 1.46. The molecule has 0 aromatic carbocycles. The minimum Gasteiger partial charge on any atom is -0.480 e. The zero-order valence-corrected chi connectivity index (χ0v) is 10.3. The van der Waals surface area contributed by atoms with Crippen molar-refractivity contribution in [3.63, 3.8) is 0 Å². The molecule has 1 fully saturated rings. The number of allylic oxidation sites excluding steroid dienone is 2. The Labute approximate surface area is 109 Å². The molecule has 0 radical (unpaired) electrons. The van der Waals surface area contributed by atoms with Gasteiger partial charge in [-0.2, -0.15) is 0 Å². The molecule has 1 saturated heterocycles. The SMILES string of the molecule is CN1CC(O)NC1=O.NC1(C(=O)O)C=CC=CC1F. The van der Waals surface area contributed by atoms with Crippen LogP contribution in [0.4, 0.5) is 9.18 Å². The number of nitrogens with one attached hydrogen (secondary N) is 1. The standard InChI is InChI=1S/C7H8FNO2.C4H8N2O2/c8-5-3-1-2-4-7(5,9)6(10)11;1-6-2-3(7)5-4(6)8/h1-5H,9H2,(H,10,11);3,7H,2H2,1H3,(H,5,8). The molecule has 2 aliphatic rings. The second-order valence-electron chi connectivity index (χ2n) is 4.23. The first-order valence-electron chi connectivity index (χ1n) is 5.49. The number of urea groups is 1. The number of aliphatic hydroxyl groups is 1. The molecule has 0 spiro atoms. The van der Waals surface area contributed by atoms with Gasteiger partial charge in [-0.15, -0.1) is 0 Å². The molecule has 2 amide bonds. The summed E-state index contributed by atoms with van der Waals surface area (Å²) >= 11 is 0. The summed E-state index contributed by atoms with van der Waals surface area (Å²) in [6.45, 7) is 0.388. The second kappa shape index (κ2) is 5.81. The Balaban J connectivity index is 0.000000200. The number of nitrogens with two attached hydrogens (primary N) is 1. The molecular weight excluding hydrogens is 257 g/mol. The van der Waals surface area contributed by atoms with Crippen molar-refractivity contribution in [3.05, 3.63) is 24.3 Å². The van der Waals surface area contributed by atoms with Gasteiger partial charge in [0.25, 0.3) is 0 Å². The van der Waals surface area contributed by atoms with Crippen LogP contribution < -0.4 is 11.1 Å². The molecule has 5 N–H and O–H groups in total. The molecule has 3 atom stereocenters. The number of carboxylic acids is 1. The summed E-state index contributed by atoms with van der Waals surface area (Å²) < 4.78 is 12.8. The van der Waals surface area contributed by atoms with Crippen LogP contribution in [0.1, 0.15) is 0 Å². The number of carbonyl (C=O) groups excluding carboxylic acids is 1. The number of hydrogen-bond acceptors (Lipinski definition) is 4. The van der Waals surface area contributed by atoms with Crippen LogP contribution in [0.15, 0.2) is 24.3 Å². The molecule has 2 rings (SSSR count). The summed E-state index contributed by atoms with van der Waals surface area (Å²) in [5.41, 5.74) is 3.35. The topological polar surface area (TPSA) is 116 Å². The number of hydrogen-bond donors (Lipinski definition) is 4. The number of β-amino-alcohol motifs (C(OH)–C–C–N with tert-alkyl or cyclic N) is 1. The highest BCUT2D eigenvalue weighted by atomic mass is 19.1. The summed E-state index contributed by atoms with van der Waals surface area (Å²) in [7, 11) is 1.63. The highest BCUT2D eigenvalue weighted by molar-refractivity contribution is 5.83. The predicted octanol–water partition coefficient (Wildman–Crippen LogP) is -0.808. The summed E-state index contributed by atoms with van der Waals surface area (Å²) in [6, 6.07) is -0.211. The summed E-state index contributed by atoms with van der Waals surface area (Å²) in [4.78, 5) is 22.3. The minimum absolute atomic E-state index is 0.211. The minimum atomic E-state index is -1.88. The largest absolute Gasteiger partial charge is 0.480 e. The molecule has 8 heteroatoms. The van der Waals surface area contributed by atoms with Crippen molar-refractivity contribution in [2.45, 2.75) is 17.9 Å². The lowest BCUT2D eigenvalue weighted by molar-refractivity contribution is -0.143. The summed E-state index contributed by atoms with van der Waals surface area (Å²) in [6.07, 6.45) is 2.79. The van der Waals surface area contributed by atoms with E-state index in [2.05, 4.69) is 5.32 Å². The first-order valence-corrected chi connectivity index (χ1v) is 5.49. The maximum Gasteiger partial charge on any atom is 0.331 e. The number of carboxylic acid groups (broad SMARTS) is 1. The number of alkyl halides is 1. The number of likely N-dealkylation sites (N-methyl/N-ethyl adjacent to an activating group) is 1. The van der Waals surface area contributed by atoms with E-state index >= 15 is 0 Å². The molecule has 0 aromatic rings. The molecule has 0 saturated carbocycles. The number of nitrogens with zero attached hydrogens (tertiary/aromatic N) is 1. The molecule has 0 bridgehead atoms. The molecule has 3 unspecified atom stereocenters. The van der Waals surface area contributed by atoms with Crippen LogP contribution in [0.25, 0.3) is 0 Å². The summed E-state index contributed by atoms with van der Waals surface area (Å²) in [5, 5.41) is 19.5. The lowest BCUT2D eigenvalue weighted by Crippen LogP contribution is -2.54. The molecule has 1 aliphatic heterocycles. The number of aliphatic hydroxyl groups excluding tert-OH is 1. The van der Waals surface area contributed by atoms with Crippen molar-refractivity contribution in [1.29, 1.82) is 0 Å². The van der Waals surface area contributed by atoms with Gasteiger partial charge < -0.3 is 26.2 Å². The van der Waals surface area contributed by atoms with Gasteiger partial charge in [0, 0.05) is 7.05 Å². The Bertz CT molecular complexity index is 426. The maximum absolute atomic E-state index is 12.8. The van der Waals surface area contributed by atoms with E-state index in [0.717, 1.165) is 12.2 Å². The van der Waals surface area contributed by atoms with E-state index in [4.69, 9.17) is 15.9 Å². The zero-order valence-electron chi connectivity index (χ0n) is 10.3. The van der Waals surface area contributed by atoms with E-state index in [0.29, 0.717) is 6.54 Å².